The molecule has 0 saturated carbocycles. The number of carbonyl (C=O) groups is 1. The minimum atomic E-state index is -3.02. The Hall–Kier alpha value is -2.19. The van der Waals surface area contributed by atoms with Crippen LogP contribution in [0, 0.1) is 0 Å². The molecule has 2 aliphatic rings. The maximum absolute atomic E-state index is 12.7. The van der Waals surface area contributed by atoms with Gasteiger partial charge in [0.05, 0.1) is 17.0 Å². The lowest BCUT2D eigenvalue weighted by Crippen LogP contribution is -2.44. The number of rotatable bonds is 4. The number of piperidine rings is 1. The molecule has 7 nitrogen and oxygen atoms in total. The van der Waals surface area contributed by atoms with E-state index >= 15 is 0 Å². The Bertz CT molecular complexity index is 1020. The summed E-state index contributed by atoms with van der Waals surface area (Å²) in [4.78, 5) is 21.2. The van der Waals surface area contributed by atoms with Crippen LogP contribution in [-0.4, -0.2) is 78.9 Å². The van der Waals surface area contributed by atoms with Gasteiger partial charge in [-0.1, -0.05) is 6.07 Å². The van der Waals surface area contributed by atoms with Crippen molar-refractivity contribution in [3.8, 4) is 5.75 Å². The highest BCUT2D eigenvalue weighted by atomic mass is 32.2. The summed E-state index contributed by atoms with van der Waals surface area (Å²) < 4.78 is 29.4. The second-order valence-electron chi connectivity index (χ2n) is 8.44. The van der Waals surface area contributed by atoms with Crippen molar-refractivity contribution in [1.29, 1.82) is 0 Å². The molecule has 0 unspecified atom stereocenters. The Labute approximate surface area is 177 Å². The summed E-state index contributed by atoms with van der Waals surface area (Å²) in [5.41, 5.74) is 1.07. The van der Waals surface area contributed by atoms with E-state index in [-0.39, 0.29) is 36.6 Å². The summed E-state index contributed by atoms with van der Waals surface area (Å²) in [5, 5.41) is 0.921. The molecule has 0 N–H and O–H groups in total. The second kappa shape index (κ2) is 8.51. The number of aromatic nitrogens is 1. The number of ether oxygens (including phenoxy) is 1. The number of sulfone groups is 1. The standard InChI is InChI=1S/C22H29N3O4S/c1-16(2)24-9-7-18(8-10-24)29-19-4-6-20-17(15-19)3-5-21(23-20)22(26)25-11-13-30(27,28)14-12-25/h3-6,15-16,18H,7-14H2,1-2H3. The van der Waals surface area contributed by atoms with Gasteiger partial charge in [-0.2, -0.15) is 0 Å². The van der Waals surface area contributed by atoms with E-state index in [2.05, 4.69) is 23.7 Å². The lowest BCUT2D eigenvalue weighted by Gasteiger charge is -2.34. The molecule has 2 aliphatic heterocycles. The average molecular weight is 432 g/mol. The van der Waals surface area contributed by atoms with E-state index in [4.69, 9.17) is 4.74 Å². The number of amides is 1. The summed E-state index contributed by atoms with van der Waals surface area (Å²) in [5.74, 6) is 0.642. The molecule has 2 saturated heterocycles. The maximum atomic E-state index is 12.7. The van der Waals surface area contributed by atoms with Crippen LogP contribution in [0.1, 0.15) is 37.2 Å². The molecular formula is C22H29N3O4S. The molecular weight excluding hydrogens is 402 g/mol. The third kappa shape index (κ3) is 4.75. The van der Waals surface area contributed by atoms with Crippen LogP contribution >= 0.6 is 0 Å². The number of likely N-dealkylation sites (tertiary alicyclic amines) is 1. The Morgan fingerprint density at radius 1 is 1.07 bits per heavy atom. The first-order valence-electron chi connectivity index (χ1n) is 10.6. The lowest BCUT2D eigenvalue weighted by atomic mass is 10.1. The summed E-state index contributed by atoms with van der Waals surface area (Å²) in [6.45, 7) is 7.02. The first kappa shape index (κ1) is 21.1. The van der Waals surface area contributed by atoms with Crippen molar-refractivity contribution in [2.75, 3.05) is 37.7 Å². The van der Waals surface area contributed by atoms with Crippen molar-refractivity contribution >= 4 is 26.6 Å². The first-order valence-corrected chi connectivity index (χ1v) is 12.4. The van der Waals surface area contributed by atoms with E-state index in [1.54, 1.807) is 11.0 Å². The highest BCUT2D eigenvalue weighted by Crippen LogP contribution is 2.24. The molecule has 0 aliphatic carbocycles. The van der Waals surface area contributed by atoms with Gasteiger partial charge in [-0.25, -0.2) is 13.4 Å². The van der Waals surface area contributed by atoms with Crippen molar-refractivity contribution in [3.05, 3.63) is 36.0 Å². The number of nitrogens with zero attached hydrogens (tertiary/aromatic N) is 3. The van der Waals surface area contributed by atoms with Crippen LogP contribution in [0.2, 0.25) is 0 Å². The summed E-state index contributed by atoms with van der Waals surface area (Å²) >= 11 is 0. The van der Waals surface area contributed by atoms with Gasteiger partial charge in [0.1, 0.15) is 17.5 Å². The predicted octanol–water partition coefficient (Wildman–Crippen LogP) is 2.36. The SMILES string of the molecule is CC(C)N1CCC(Oc2ccc3nc(C(=O)N4CCS(=O)(=O)CC4)ccc3c2)CC1. The lowest BCUT2D eigenvalue weighted by molar-refractivity contribution is 0.0764. The van der Waals surface area contributed by atoms with Crippen LogP contribution in [0.4, 0.5) is 0 Å². The highest BCUT2D eigenvalue weighted by Gasteiger charge is 2.26. The molecule has 30 heavy (non-hydrogen) atoms. The number of carbonyl (C=O) groups excluding carboxylic acids is 1. The smallest absolute Gasteiger partial charge is 0.272 e. The minimum absolute atomic E-state index is 0.0170. The van der Waals surface area contributed by atoms with Crippen LogP contribution in [0.15, 0.2) is 30.3 Å². The maximum Gasteiger partial charge on any atom is 0.272 e. The van der Waals surface area contributed by atoms with Crippen molar-refractivity contribution in [2.45, 2.75) is 38.8 Å². The fourth-order valence-electron chi connectivity index (χ4n) is 4.08. The largest absolute Gasteiger partial charge is 0.490 e. The Balaban J connectivity index is 1.42. The molecule has 0 spiro atoms. The Kier molecular flexibility index (Phi) is 5.97. The molecule has 0 atom stereocenters. The van der Waals surface area contributed by atoms with Crippen molar-refractivity contribution in [3.63, 3.8) is 0 Å². The van der Waals surface area contributed by atoms with E-state index in [1.165, 1.54) is 0 Å². The van der Waals surface area contributed by atoms with Crippen LogP contribution in [0.25, 0.3) is 10.9 Å². The second-order valence-corrected chi connectivity index (χ2v) is 10.7. The third-order valence-electron chi connectivity index (χ3n) is 6.02. The van der Waals surface area contributed by atoms with Gasteiger partial charge >= 0.3 is 0 Å². The van der Waals surface area contributed by atoms with Gasteiger partial charge in [0.15, 0.2) is 9.84 Å². The fourth-order valence-corrected chi connectivity index (χ4v) is 5.28. The number of pyridine rings is 1. The molecule has 2 fully saturated rings. The number of hydrogen-bond donors (Lipinski definition) is 0. The summed E-state index contributed by atoms with van der Waals surface area (Å²) in [7, 11) is -3.02. The minimum Gasteiger partial charge on any atom is -0.490 e. The molecule has 8 heteroatoms. The molecule has 4 rings (SSSR count). The molecule has 3 heterocycles. The van der Waals surface area contributed by atoms with Crippen molar-refractivity contribution in [1.82, 2.24) is 14.8 Å². The first-order chi connectivity index (χ1) is 14.3. The van der Waals surface area contributed by atoms with Crippen LogP contribution in [0.3, 0.4) is 0 Å². The van der Waals surface area contributed by atoms with E-state index < -0.39 is 9.84 Å². The summed E-state index contributed by atoms with van der Waals surface area (Å²) in [6, 6.07) is 9.92. The van der Waals surface area contributed by atoms with Crippen LogP contribution < -0.4 is 4.74 Å². The van der Waals surface area contributed by atoms with E-state index in [9.17, 15) is 13.2 Å². The van der Waals surface area contributed by atoms with Gasteiger partial charge in [0.25, 0.3) is 5.91 Å². The molecule has 1 aromatic heterocycles. The molecule has 2 aromatic rings. The van der Waals surface area contributed by atoms with E-state index in [0.717, 1.165) is 42.6 Å². The zero-order valence-corrected chi connectivity index (χ0v) is 18.4. The monoisotopic (exact) mass is 431 g/mol. The van der Waals surface area contributed by atoms with Gasteiger partial charge in [0.2, 0.25) is 0 Å². The van der Waals surface area contributed by atoms with Gasteiger partial charge in [-0.15, -0.1) is 0 Å². The topological polar surface area (TPSA) is 79.8 Å². The van der Waals surface area contributed by atoms with Gasteiger partial charge in [-0.3, -0.25) is 4.79 Å². The van der Waals surface area contributed by atoms with Crippen LogP contribution in [-0.2, 0) is 9.84 Å². The predicted molar refractivity (Wildman–Crippen MR) is 117 cm³/mol. The molecule has 162 valence electrons. The van der Waals surface area contributed by atoms with Gasteiger partial charge in [-0.05, 0) is 51.0 Å². The van der Waals surface area contributed by atoms with E-state index in [1.807, 2.05) is 24.3 Å². The molecule has 0 bridgehead atoms. The molecule has 1 amide bonds. The zero-order chi connectivity index (χ0) is 21.3. The van der Waals surface area contributed by atoms with Gasteiger partial charge < -0.3 is 14.5 Å². The average Bonchev–Trinajstić information content (AvgIpc) is 2.73. The molecule has 1 aromatic carbocycles. The number of hydrogen-bond acceptors (Lipinski definition) is 6. The van der Waals surface area contributed by atoms with Gasteiger partial charge in [0, 0.05) is 37.6 Å². The quantitative estimate of drug-likeness (QED) is 0.739. The zero-order valence-electron chi connectivity index (χ0n) is 17.6. The third-order valence-corrected chi connectivity index (χ3v) is 7.63. The Morgan fingerprint density at radius 3 is 2.43 bits per heavy atom. The molecule has 0 radical (unpaired) electrons. The van der Waals surface area contributed by atoms with E-state index in [0.29, 0.717) is 11.7 Å². The number of fused-ring (bicyclic) bond motifs is 1. The number of benzene rings is 1. The highest BCUT2D eigenvalue weighted by molar-refractivity contribution is 7.91. The van der Waals surface area contributed by atoms with Crippen molar-refractivity contribution < 1.29 is 17.9 Å². The normalized spacial score (nSPS) is 20.6. The fraction of sp³-hybridized carbons (Fsp3) is 0.545. The Morgan fingerprint density at radius 2 is 1.77 bits per heavy atom. The van der Waals surface area contributed by atoms with Crippen molar-refractivity contribution in [2.24, 2.45) is 0 Å². The van der Waals surface area contributed by atoms with Crippen LogP contribution in [0.5, 0.6) is 5.75 Å². The summed E-state index contributed by atoms with van der Waals surface area (Å²) in [6.07, 6.45) is 2.27.